The van der Waals surface area contributed by atoms with E-state index in [0.717, 1.165) is 24.4 Å². The van der Waals surface area contributed by atoms with Crippen LogP contribution in [0.15, 0.2) is 0 Å². The average molecular weight is 289 g/mol. The Kier molecular flexibility index (Phi) is 5.83. The van der Waals surface area contributed by atoms with Crippen LogP contribution in [0.2, 0.25) is 5.02 Å². The van der Waals surface area contributed by atoms with E-state index in [-0.39, 0.29) is 5.60 Å². The Bertz CT molecular complexity index is 416. The molecule has 0 bridgehead atoms. The van der Waals surface area contributed by atoms with E-state index in [9.17, 15) is 5.11 Å². The number of hydrogen-bond acceptors (Lipinski definition) is 3. The summed E-state index contributed by atoms with van der Waals surface area (Å²) in [5.41, 5.74) is 1.48. The molecule has 0 radical (unpaired) electrons. The van der Waals surface area contributed by atoms with Crippen molar-refractivity contribution >= 4 is 11.6 Å². The summed E-state index contributed by atoms with van der Waals surface area (Å²) in [6.45, 7) is 8.74. The van der Waals surface area contributed by atoms with E-state index in [2.05, 4.69) is 5.10 Å². The van der Waals surface area contributed by atoms with Gasteiger partial charge in [-0.3, -0.25) is 4.68 Å². The number of hydrogen-bond donors (Lipinski definition) is 1. The van der Waals surface area contributed by atoms with Crippen molar-refractivity contribution in [2.24, 2.45) is 0 Å². The molecule has 110 valence electrons. The molecular formula is C14H25ClN2O2. The van der Waals surface area contributed by atoms with E-state index in [4.69, 9.17) is 16.3 Å². The Labute approximate surface area is 120 Å². The maximum atomic E-state index is 10.2. The summed E-state index contributed by atoms with van der Waals surface area (Å²) in [4.78, 5) is 0. The van der Waals surface area contributed by atoms with Crippen LogP contribution >= 0.6 is 11.6 Å². The Balaban J connectivity index is 2.84. The molecule has 4 nitrogen and oxygen atoms in total. The average Bonchev–Trinajstić information content (AvgIpc) is 2.65. The number of methoxy groups -OCH3 is 1. The maximum Gasteiger partial charge on any atom is 0.0850 e. The number of aliphatic hydroxyl groups excluding tert-OH is 1. The number of aliphatic hydroxyl groups is 1. The summed E-state index contributed by atoms with van der Waals surface area (Å²) in [7, 11) is 1.66. The van der Waals surface area contributed by atoms with E-state index in [1.807, 2.05) is 32.4 Å². The summed E-state index contributed by atoms with van der Waals surface area (Å²) >= 11 is 6.33. The molecule has 1 rings (SSSR count). The van der Waals surface area contributed by atoms with Gasteiger partial charge in [-0.1, -0.05) is 18.5 Å². The van der Waals surface area contributed by atoms with E-state index in [1.54, 1.807) is 7.11 Å². The SMILES string of the molecule is CCc1nn(CC)c(CC(O)CC(C)(C)OC)c1Cl. The summed E-state index contributed by atoms with van der Waals surface area (Å²) in [5.74, 6) is 0. The van der Waals surface area contributed by atoms with Gasteiger partial charge in [0.15, 0.2) is 0 Å². The first-order valence-corrected chi connectivity index (χ1v) is 7.19. The Morgan fingerprint density at radius 3 is 2.53 bits per heavy atom. The fraction of sp³-hybridized carbons (Fsp3) is 0.786. The van der Waals surface area contributed by atoms with Crippen LogP contribution in [0.4, 0.5) is 0 Å². The van der Waals surface area contributed by atoms with Gasteiger partial charge in [-0.05, 0) is 27.2 Å². The summed E-state index contributed by atoms with van der Waals surface area (Å²) in [5, 5.41) is 15.4. The number of halogens is 1. The topological polar surface area (TPSA) is 47.3 Å². The molecule has 0 saturated carbocycles. The first-order valence-electron chi connectivity index (χ1n) is 6.81. The number of aromatic nitrogens is 2. The summed E-state index contributed by atoms with van der Waals surface area (Å²) < 4.78 is 7.22. The van der Waals surface area contributed by atoms with Crippen molar-refractivity contribution in [2.75, 3.05) is 7.11 Å². The van der Waals surface area contributed by atoms with Gasteiger partial charge >= 0.3 is 0 Å². The van der Waals surface area contributed by atoms with Crippen LogP contribution in [0.5, 0.6) is 0 Å². The molecule has 0 spiro atoms. The molecule has 1 aromatic heterocycles. The third kappa shape index (κ3) is 4.20. The molecule has 0 aliphatic heterocycles. The van der Waals surface area contributed by atoms with Gasteiger partial charge < -0.3 is 9.84 Å². The second kappa shape index (κ2) is 6.73. The zero-order valence-corrected chi connectivity index (χ0v) is 13.3. The van der Waals surface area contributed by atoms with Crippen LogP contribution in [-0.2, 0) is 24.1 Å². The standard InChI is InChI=1S/C14H25ClN2O2/c1-6-11-13(15)12(17(7-2)16-11)8-10(18)9-14(3,4)19-5/h10,18H,6-9H2,1-5H3. The van der Waals surface area contributed by atoms with E-state index in [0.29, 0.717) is 17.9 Å². The second-order valence-corrected chi connectivity index (χ2v) is 5.78. The highest BCUT2D eigenvalue weighted by Crippen LogP contribution is 2.25. The van der Waals surface area contributed by atoms with Gasteiger partial charge in [0.05, 0.1) is 28.1 Å². The van der Waals surface area contributed by atoms with Crippen molar-refractivity contribution in [3.05, 3.63) is 16.4 Å². The number of aryl methyl sites for hydroxylation is 2. The van der Waals surface area contributed by atoms with Gasteiger partial charge in [0, 0.05) is 26.5 Å². The zero-order chi connectivity index (χ0) is 14.6. The van der Waals surface area contributed by atoms with Gasteiger partial charge in [-0.2, -0.15) is 5.10 Å². The number of nitrogens with zero attached hydrogens (tertiary/aromatic N) is 2. The second-order valence-electron chi connectivity index (χ2n) is 5.40. The fourth-order valence-corrected chi connectivity index (χ4v) is 2.50. The third-order valence-electron chi connectivity index (χ3n) is 3.40. The lowest BCUT2D eigenvalue weighted by molar-refractivity contribution is -0.0194. The van der Waals surface area contributed by atoms with E-state index in [1.165, 1.54) is 0 Å². The van der Waals surface area contributed by atoms with E-state index >= 15 is 0 Å². The van der Waals surface area contributed by atoms with Gasteiger partial charge in [-0.15, -0.1) is 0 Å². The van der Waals surface area contributed by atoms with Gasteiger partial charge in [0.2, 0.25) is 0 Å². The predicted octanol–water partition coefficient (Wildman–Crippen LogP) is 2.84. The van der Waals surface area contributed by atoms with Crippen LogP contribution in [0.3, 0.4) is 0 Å². The highest BCUT2D eigenvalue weighted by atomic mass is 35.5. The summed E-state index contributed by atoms with van der Waals surface area (Å²) in [6, 6.07) is 0. The van der Waals surface area contributed by atoms with Gasteiger partial charge in [0.25, 0.3) is 0 Å². The highest BCUT2D eigenvalue weighted by molar-refractivity contribution is 6.31. The van der Waals surface area contributed by atoms with Crippen molar-refractivity contribution < 1.29 is 9.84 Å². The minimum Gasteiger partial charge on any atom is -0.393 e. The smallest absolute Gasteiger partial charge is 0.0850 e. The summed E-state index contributed by atoms with van der Waals surface area (Å²) in [6.07, 6.45) is 1.39. The number of rotatable bonds is 7. The monoisotopic (exact) mass is 288 g/mol. The van der Waals surface area contributed by atoms with Crippen molar-refractivity contribution in [1.82, 2.24) is 9.78 Å². The molecule has 1 N–H and O–H groups in total. The molecule has 1 aromatic rings. The molecule has 1 unspecified atom stereocenters. The van der Waals surface area contributed by atoms with E-state index < -0.39 is 6.10 Å². The molecule has 0 amide bonds. The zero-order valence-electron chi connectivity index (χ0n) is 12.5. The first kappa shape index (κ1) is 16.5. The molecular weight excluding hydrogens is 264 g/mol. The molecule has 19 heavy (non-hydrogen) atoms. The van der Waals surface area contributed by atoms with Gasteiger partial charge in [0.1, 0.15) is 0 Å². The van der Waals surface area contributed by atoms with Crippen molar-refractivity contribution in [1.29, 1.82) is 0 Å². The molecule has 1 heterocycles. The predicted molar refractivity (Wildman–Crippen MR) is 77.7 cm³/mol. The van der Waals surface area contributed by atoms with Crippen molar-refractivity contribution in [3.8, 4) is 0 Å². The molecule has 5 heteroatoms. The number of ether oxygens (including phenoxy) is 1. The molecule has 0 fully saturated rings. The lowest BCUT2D eigenvalue weighted by atomic mass is 9.97. The van der Waals surface area contributed by atoms with Crippen molar-refractivity contribution in [3.63, 3.8) is 0 Å². The normalized spacial score (nSPS) is 13.8. The molecule has 0 saturated heterocycles. The molecule has 0 aliphatic rings. The fourth-order valence-electron chi connectivity index (χ4n) is 2.16. The first-order chi connectivity index (χ1) is 8.84. The Morgan fingerprint density at radius 1 is 1.42 bits per heavy atom. The quantitative estimate of drug-likeness (QED) is 0.839. The third-order valence-corrected chi connectivity index (χ3v) is 3.84. The van der Waals surface area contributed by atoms with Crippen molar-refractivity contribution in [2.45, 2.75) is 65.2 Å². The Hall–Kier alpha value is -0.580. The lowest BCUT2D eigenvalue weighted by Gasteiger charge is -2.26. The molecule has 0 aliphatic carbocycles. The van der Waals surface area contributed by atoms with Gasteiger partial charge in [-0.25, -0.2) is 0 Å². The minimum atomic E-state index is -0.487. The van der Waals surface area contributed by atoms with Crippen LogP contribution < -0.4 is 0 Å². The van der Waals surface area contributed by atoms with Crippen LogP contribution in [0, 0.1) is 0 Å². The lowest BCUT2D eigenvalue weighted by Crippen LogP contribution is -2.30. The molecule has 1 atom stereocenters. The Morgan fingerprint density at radius 2 is 2.05 bits per heavy atom. The molecule has 0 aromatic carbocycles. The van der Waals surface area contributed by atoms with Crippen LogP contribution in [0.25, 0.3) is 0 Å². The van der Waals surface area contributed by atoms with Crippen LogP contribution in [0.1, 0.15) is 45.5 Å². The van der Waals surface area contributed by atoms with Crippen LogP contribution in [-0.4, -0.2) is 33.7 Å². The minimum absolute atomic E-state index is 0.337. The maximum absolute atomic E-state index is 10.2. The largest absolute Gasteiger partial charge is 0.393 e. The highest BCUT2D eigenvalue weighted by Gasteiger charge is 2.24.